The van der Waals surface area contributed by atoms with Crippen molar-refractivity contribution < 1.29 is 5.11 Å². The number of nitrogens with zero attached hydrogens (tertiary/aromatic N) is 1. The zero-order valence-electron chi connectivity index (χ0n) is 11.0. The molecule has 19 heavy (non-hydrogen) atoms. The molecule has 0 unspecified atom stereocenters. The van der Waals surface area contributed by atoms with Gasteiger partial charge >= 0.3 is 0 Å². The molecule has 0 bridgehead atoms. The first kappa shape index (κ1) is 13.9. The second-order valence-electron chi connectivity index (χ2n) is 4.72. The number of halogens is 1. The average molecular weight is 276 g/mol. The quantitative estimate of drug-likeness (QED) is 0.899. The summed E-state index contributed by atoms with van der Waals surface area (Å²) in [6.07, 6.45) is 0.999. The summed E-state index contributed by atoms with van der Waals surface area (Å²) in [5.74, 6) is 0.190. The highest BCUT2D eigenvalue weighted by atomic mass is 35.5. The van der Waals surface area contributed by atoms with E-state index in [1.165, 1.54) is 5.56 Å². The fraction of sp³-hybridized carbons (Fsp3) is 0.250. The Morgan fingerprint density at radius 2 is 1.79 bits per heavy atom. The third-order valence-electron chi connectivity index (χ3n) is 3.14. The van der Waals surface area contributed by atoms with Gasteiger partial charge < -0.3 is 10.0 Å². The van der Waals surface area contributed by atoms with Crippen LogP contribution in [-0.4, -0.2) is 23.6 Å². The molecule has 100 valence electrons. The molecule has 0 saturated heterocycles. The fourth-order valence-electron chi connectivity index (χ4n) is 2.02. The van der Waals surface area contributed by atoms with Crippen LogP contribution in [0.4, 0.5) is 0 Å². The molecule has 0 aliphatic rings. The van der Waals surface area contributed by atoms with Crippen LogP contribution in [0.1, 0.15) is 11.1 Å². The van der Waals surface area contributed by atoms with Crippen molar-refractivity contribution in [1.29, 1.82) is 0 Å². The van der Waals surface area contributed by atoms with E-state index < -0.39 is 0 Å². The third kappa shape index (κ3) is 3.98. The van der Waals surface area contributed by atoms with Gasteiger partial charge in [0.2, 0.25) is 0 Å². The maximum absolute atomic E-state index is 9.87. The minimum atomic E-state index is 0.190. The lowest BCUT2D eigenvalue weighted by molar-refractivity contribution is 0.324. The van der Waals surface area contributed by atoms with E-state index in [1.807, 2.05) is 25.2 Å². The summed E-state index contributed by atoms with van der Waals surface area (Å²) in [6, 6.07) is 15.9. The molecule has 1 N–H and O–H groups in total. The van der Waals surface area contributed by atoms with Gasteiger partial charge in [-0.1, -0.05) is 54.1 Å². The Morgan fingerprint density at radius 1 is 1.05 bits per heavy atom. The molecule has 0 aliphatic carbocycles. The first-order chi connectivity index (χ1) is 9.16. The highest BCUT2D eigenvalue weighted by Gasteiger charge is 2.07. The van der Waals surface area contributed by atoms with Crippen molar-refractivity contribution in [2.75, 3.05) is 13.6 Å². The molecule has 2 aromatic carbocycles. The molecule has 2 aromatic rings. The molecular formula is C16H18ClNO. The van der Waals surface area contributed by atoms with E-state index in [0.29, 0.717) is 11.6 Å². The van der Waals surface area contributed by atoms with Crippen molar-refractivity contribution >= 4 is 11.6 Å². The highest BCUT2D eigenvalue weighted by molar-refractivity contribution is 6.32. The van der Waals surface area contributed by atoms with Crippen LogP contribution in [0.15, 0.2) is 48.5 Å². The normalized spacial score (nSPS) is 10.9. The van der Waals surface area contributed by atoms with E-state index >= 15 is 0 Å². The van der Waals surface area contributed by atoms with E-state index in [4.69, 9.17) is 11.6 Å². The highest BCUT2D eigenvalue weighted by Crippen LogP contribution is 2.27. The molecule has 0 aromatic heterocycles. The van der Waals surface area contributed by atoms with Crippen molar-refractivity contribution in [3.8, 4) is 5.75 Å². The zero-order valence-corrected chi connectivity index (χ0v) is 11.8. The standard InChI is InChI=1S/C16H18ClNO/c1-18(11-10-13-6-3-2-4-7-13)12-14-8-5-9-15(17)16(14)19/h2-9,19H,10-12H2,1H3. The summed E-state index contributed by atoms with van der Waals surface area (Å²) in [7, 11) is 2.04. The van der Waals surface area contributed by atoms with Gasteiger partial charge in [0, 0.05) is 18.7 Å². The molecule has 2 nitrogen and oxygen atoms in total. The van der Waals surface area contributed by atoms with Crippen molar-refractivity contribution in [2.45, 2.75) is 13.0 Å². The Kier molecular flexibility index (Phi) is 4.83. The summed E-state index contributed by atoms with van der Waals surface area (Å²) < 4.78 is 0. The molecular weight excluding hydrogens is 258 g/mol. The van der Waals surface area contributed by atoms with Gasteiger partial charge in [-0.3, -0.25) is 0 Å². The number of para-hydroxylation sites is 1. The van der Waals surface area contributed by atoms with Crippen LogP contribution in [-0.2, 0) is 13.0 Å². The molecule has 3 heteroatoms. The van der Waals surface area contributed by atoms with E-state index in [9.17, 15) is 5.11 Å². The van der Waals surface area contributed by atoms with Crippen molar-refractivity contribution in [3.63, 3.8) is 0 Å². The van der Waals surface area contributed by atoms with Gasteiger partial charge in [0.1, 0.15) is 5.75 Å². The van der Waals surface area contributed by atoms with Crippen molar-refractivity contribution in [1.82, 2.24) is 4.90 Å². The second kappa shape index (κ2) is 6.60. The number of likely N-dealkylation sites (N-methyl/N-ethyl adjacent to an activating group) is 1. The van der Waals surface area contributed by atoms with Crippen LogP contribution >= 0.6 is 11.6 Å². The third-order valence-corrected chi connectivity index (χ3v) is 3.44. The SMILES string of the molecule is CN(CCc1ccccc1)Cc1cccc(Cl)c1O. The topological polar surface area (TPSA) is 23.5 Å². The minimum Gasteiger partial charge on any atom is -0.506 e. The molecule has 0 fully saturated rings. The Labute approximate surface area is 119 Å². The predicted molar refractivity (Wildman–Crippen MR) is 79.6 cm³/mol. The van der Waals surface area contributed by atoms with Gasteiger partial charge in [0.15, 0.2) is 0 Å². The summed E-state index contributed by atoms with van der Waals surface area (Å²) >= 11 is 5.90. The maximum Gasteiger partial charge on any atom is 0.138 e. The van der Waals surface area contributed by atoms with Crippen LogP contribution < -0.4 is 0 Å². The van der Waals surface area contributed by atoms with Gasteiger partial charge in [0.25, 0.3) is 0 Å². The second-order valence-corrected chi connectivity index (χ2v) is 5.13. The number of benzene rings is 2. The average Bonchev–Trinajstić information content (AvgIpc) is 2.43. The summed E-state index contributed by atoms with van der Waals surface area (Å²) in [6.45, 7) is 1.63. The number of hydrogen-bond donors (Lipinski definition) is 1. The zero-order chi connectivity index (χ0) is 13.7. The Hall–Kier alpha value is -1.51. The first-order valence-electron chi connectivity index (χ1n) is 6.35. The molecule has 0 saturated carbocycles. The largest absolute Gasteiger partial charge is 0.506 e. The molecule has 2 rings (SSSR count). The number of phenols is 1. The summed E-state index contributed by atoms with van der Waals surface area (Å²) in [4.78, 5) is 2.18. The lowest BCUT2D eigenvalue weighted by Crippen LogP contribution is -2.20. The molecule has 0 heterocycles. The van der Waals surface area contributed by atoms with Gasteiger partial charge in [-0.25, -0.2) is 0 Å². The Balaban J connectivity index is 1.91. The number of rotatable bonds is 5. The van der Waals surface area contributed by atoms with Crippen LogP contribution in [0.25, 0.3) is 0 Å². The molecule has 0 radical (unpaired) electrons. The van der Waals surface area contributed by atoms with Crippen LogP contribution in [0.5, 0.6) is 5.75 Å². The van der Waals surface area contributed by atoms with Crippen LogP contribution in [0.2, 0.25) is 5.02 Å². The number of phenolic OH excluding ortho intramolecular Hbond substituents is 1. The smallest absolute Gasteiger partial charge is 0.138 e. The van der Waals surface area contributed by atoms with Gasteiger partial charge in [-0.15, -0.1) is 0 Å². The lowest BCUT2D eigenvalue weighted by atomic mass is 10.1. The van der Waals surface area contributed by atoms with E-state index in [2.05, 4.69) is 29.2 Å². The summed E-state index contributed by atoms with van der Waals surface area (Å²) in [5.41, 5.74) is 2.19. The van der Waals surface area contributed by atoms with E-state index in [-0.39, 0.29) is 5.75 Å². The minimum absolute atomic E-state index is 0.190. The monoisotopic (exact) mass is 275 g/mol. The molecule has 0 aliphatic heterocycles. The molecule has 0 amide bonds. The Bertz CT molecular complexity index is 528. The van der Waals surface area contributed by atoms with Gasteiger partial charge in [-0.2, -0.15) is 0 Å². The van der Waals surface area contributed by atoms with E-state index in [1.54, 1.807) is 6.07 Å². The fourth-order valence-corrected chi connectivity index (χ4v) is 2.22. The van der Waals surface area contributed by atoms with Crippen LogP contribution in [0.3, 0.4) is 0 Å². The van der Waals surface area contributed by atoms with E-state index in [0.717, 1.165) is 18.5 Å². The maximum atomic E-state index is 9.87. The number of aromatic hydroxyl groups is 1. The predicted octanol–water partition coefficient (Wildman–Crippen LogP) is 3.72. The first-order valence-corrected chi connectivity index (χ1v) is 6.73. The summed E-state index contributed by atoms with van der Waals surface area (Å²) in [5, 5.41) is 10.3. The van der Waals surface area contributed by atoms with Crippen molar-refractivity contribution in [2.24, 2.45) is 0 Å². The molecule has 0 spiro atoms. The van der Waals surface area contributed by atoms with Gasteiger partial charge in [0.05, 0.1) is 5.02 Å². The van der Waals surface area contributed by atoms with Crippen LogP contribution in [0, 0.1) is 0 Å². The van der Waals surface area contributed by atoms with Gasteiger partial charge in [-0.05, 0) is 25.1 Å². The molecule has 0 atom stereocenters. The van der Waals surface area contributed by atoms with Crippen molar-refractivity contribution in [3.05, 3.63) is 64.7 Å². The lowest BCUT2D eigenvalue weighted by Gasteiger charge is -2.17. The number of hydrogen-bond acceptors (Lipinski definition) is 2. The Morgan fingerprint density at radius 3 is 2.53 bits per heavy atom.